The van der Waals surface area contributed by atoms with E-state index in [4.69, 9.17) is 14.3 Å². The van der Waals surface area contributed by atoms with Crippen LogP contribution in [0.3, 0.4) is 0 Å². The Kier molecular flexibility index (Phi) is 30.0. The Hall–Kier alpha value is -2.38. The van der Waals surface area contributed by atoms with E-state index < -0.39 is 8.60 Å². The highest BCUT2D eigenvalue weighted by Gasteiger charge is 2.23. The van der Waals surface area contributed by atoms with Gasteiger partial charge in [-0.25, -0.2) is 0 Å². The Bertz CT molecular complexity index is 1720. The normalized spacial score (nSPS) is 12.3. The first-order valence-corrected chi connectivity index (χ1v) is 28.8. The van der Waals surface area contributed by atoms with Crippen LogP contribution in [0.4, 0.5) is 0 Å². The Morgan fingerprint density at radius 3 is 1.45 bits per heavy atom. The van der Waals surface area contributed by atoms with Crippen LogP contribution < -0.4 is 5.30 Å². The molecule has 0 amide bonds. The van der Waals surface area contributed by atoms with Crippen LogP contribution in [-0.4, -0.2) is 28.7 Å². The van der Waals surface area contributed by atoms with E-state index in [1.54, 1.807) is 5.30 Å². The zero-order chi connectivity index (χ0) is 48.1. The molecule has 65 heavy (non-hydrogen) atoms. The maximum absolute atomic E-state index is 8.52. The van der Waals surface area contributed by atoms with E-state index in [1.807, 2.05) is 0 Å². The fourth-order valence-corrected chi connectivity index (χ4v) is 11.1. The predicted octanol–water partition coefficient (Wildman–Crippen LogP) is 18.8. The van der Waals surface area contributed by atoms with Gasteiger partial charge < -0.3 is 14.3 Å². The Balaban J connectivity index is 0.000000360. The predicted molar refractivity (Wildman–Crippen MR) is 293 cm³/mol. The molecule has 0 saturated heterocycles. The highest BCUT2D eigenvalue weighted by molar-refractivity contribution is 7.65. The summed E-state index contributed by atoms with van der Waals surface area (Å²) < 4.78 is 4.77. The minimum atomic E-state index is -2.15. The molecule has 0 bridgehead atoms. The molecule has 1 unspecified atom stereocenters. The van der Waals surface area contributed by atoms with E-state index in [0.29, 0.717) is 12.5 Å². The zero-order valence-electron chi connectivity index (χ0n) is 43.7. The van der Waals surface area contributed by atoms with Gasteiger partial charge in [-0.3, -0.25) is 0 Å². The average Bonchev–Trinajstić information content (AvgIpc) is 3.27. The van der Waals surface area contributed by atoms with Gasteiger partial charge in [0.15, 0.2) is 0 Å². The third-order valence-electron chi connectivity index (χ3n) is 12.5. The molecule has 4 aromatic carbocycles. The third-order valence-corrected chi connectivity index (χ3v) is 15.6. The van der Waals surface area contributed by atoms with Gasteiger partial charge in [0.2, 0.25) is 0 Å². The molecule has 3 nitrogen and oxygen atoms in total. The summed E-state index contributed by atoms with van der Waals surface area (Å²) in [5, 5.41) is 1.65. The average molecular weight is 927 g/mol. The van der Waals surface area contributed by atoms with Gasteiger partial charge in [-0.2, -0.15) is 0 Å². The van der Waals surface area contributed by atoms with Crippen LogP contribution in [0.2, 0.25) is 0 Å². The summed E-state index contributed by atoms with van der Waals surface area (Å²) in [6.45, 7) is 27.9. The van der Waals surface area contributed by atoms with Crippen molar-refractivity contribution >= 4 is 21.8 Å². The first-order valence-electron chi connectivity index (χ1n) is 25.9. The van der Waals surface area contributed by atoms with Gasteiger partial charge in [0.05, 0.1) is 6.61 Å². The van der Waals surface area contributed by atoms with Crippen LogP contribution in [0.25, 0.3) is 22.3 Å². The van der Waals surface area contributed by atoms with Gasteiger partial charge in [-0.05, 0) is 98.9 Å². The van der Waals surface area contributed by atoms with Crippen LogP contribution in [-0.2, 0) is 15.4 Å². The maximum atomic E-state index is 8.52. The minimum Gasteiger partial charge on any atom is -0.328 e. The lowest BCUT2D eigenvalue weighted by molar-refractivity contribution is 0.201. The lowest BCUT2D eigenvalue weighted by Gasteiger charge is -2.27. The molecule has 0 aromatic heterocycles. The minimum absolute atomic E-state index is 0.0747. The van der Waals surface area contributed by atoms with E-state index in [1.165, 1.54) is 136 Å². The van der Waals surface area contributed by atoms with Crippen LogP contribution in [0.15, 0.2) is 103 Å². The lowest BCUT2D eigenvalue weighted by atomic mass is 9.77. The summed E-state index contributed by atoms with van der Waals surface area (Å²) in [4.78, 5) is 17.0. The van der Waals surface area contributed by atoms with E-state index in [2.05, 4.69) is 186 Å². The highest BCUT2D eigenvalue weighted by atomic mass is 31.2. The van der Waals surface area contributed by atoms with Gasteiger partial charge in [-0.15, -0.1) is 0 Å². The molecule has 0 radical (unpaired) electrons. The summed E-state index contributed by atoms with van der Waals surface area (Å²) in [6.07, 6.45) is 24.7. The number of unbranched alkanes of at least 4 members (excludes halogenated alkanes) is 9. The molecular formula is C60H96O3P2. The zero-order valence-corrected chi connectivity index (χ0v) is 45.5. The Morgan fingerprint density at radius 1 is 0.508 bits per heavy atom. The molecule has 0 aliphatic rings. The largest absolute Gasteiger partial charge is 0.328 e. The second kappa shape index (κ2) is 33.2. The molecular weight excluding hydrogens is 831 g/mol. The molecule has 364 valence electrons. The number of rotatable bonds is 26. The molecule has 0 aliphatic heterocycles. The van der Waals surface area contributed by atoms with E-state index in [9.17, 15) is 0 Å². The molecule has 5 heteroatoms. The fraction of sp³-hybridized carbons (Fsp3) is 0.600. The lowest BCUT2D eigenvalue weighted by Crippen LogP contribution is -2.17. The topological polar surface area (TPSA) is 49.7 Å². The van der Waals surface area contributed by atoms with Gasteiger partial charge in [-0.1, -0.05) is 278 Å². The highest BCUT2D eigenvalue weighted by Crippen LogP contribution is 2.39. The van der Waals surface area contributed by atoms with Gasteiger partial charge in [0.1, 0.15) is 0 Å². The second-order valence-electron chi connectivity index (χ2n) is 21.4. The number of hydrogen-bond donors (Lipinski definition) is 2. The first kappa shape index (κ1) is 58.7. The Morgan fingerprint density at radius 2 is 0.985 bits per heavy atom. The summed E-state index contributed by atoms with van der Waals surface area (Å²) in [5.41, 5.74) is 8.23. The van der Waals surface area contributed by atoms with Crippen molar-refractivity contribution in [3.05, 3.63) is 114 Å². The van der Waals surface area contributed by atoms with Crippen molar-refractivity contribution in [2.75, 3.05) is 18.9 Å². The second-order valence-corrected chi connectivity index (χ2v) is 24.6. The molecule has 2 N–H and O–H groups in total. The van der Waals surface area contributed by atoms with Crippen LogP contribution in [0.1, 0.15) is 197 Å². The van der Waals surface area contributed by atoms with E-state index in [0.717, 1.165) is 24.7 Å². The SMILES string of the molecule is CC(C)(C)c1ccc(-c2ccc(-c3ccccc3)cc2)c(C(C)(C)C)c1.CC(C)CCCCCCCP(CCCCCCCC(C)C)c1ccccc1.CCCCC(CC)COP(O)O. The summed E-state index contributed by atoms with van der Waals surface area (Å²) in [7, 11) is -2.08. The van der Waals surface area contributed by atoms with Crippen molar-refractivity contribution in [3.63, 3.8) is 0 Å². The standard InChI is InChI=1S/C26H47P.C26H30.C8H19O3P/c1-24(2)18-12-7-5-9-16-22-27(26-20-14-11-15-21-26)23-17-10-6-8-13-19-25(3)4;1-25(2,3)22-16-17-23(24(18-22)26(4,5)6)21-14-12-20(13-15-21)19-10-8-7-9-11-19;1-3-5-6-8(4-2)7-11-12(9)10/h11,14-15,20-21,24-25H,5-10,12-13,16-19,22-23H2,1-4H3;7-18H,1-6H3;8-10H,3-7H2,1-2H3. The van der Waals surface area contributed by atoms with Crippen molar-refractivity contribution < 1.29 is 14.3 Å². The van der Waals surface area contributed by atoms with E-state index >= 15 is 0 Å². The molecule has 4 rings (SSSR count). The molecule has 0 fully saturated rings. The van der Waals surface area contributed by atoms with Crippen LogP contribution in [0.5, 0.6) is 0 Å². The van der Waals surface area contributed by atoms with E-state index in [-0.39, 0.29) is 18.8 Å². The summed E-state index contributed by atoms with van der Waals surface area (Å²) in [6, 6.07) is 37.9. The van der Waals surface area contributed by atoms with Gasteiger partial charge >= 0.3 is 8.60 Å². The van der Waals surface area contributed by atoms with Crippen LogP contribution >= 0.6 is 16.5 Å². The van der Waals surface area contributed by atoms with Crippen LogP contribution in [0, 0.1) is 17.8 Å². The van der Waals surface area contributed by atoms with Crippen molar-refractivity contribution in [3.8, 4) is 22.3 Å². The monoisotopic (exact) mass is 927 g/mol. The first-order chi connectivity index (χ1) is 31.0. The summed E-state index contributed by atoms with van der Waals surface area (Å²) in [5.74, 6) is 2.23. The number of hydrogen-bond acceptors (Lipinski definition) is 3. The van der Waals surface area contributed by atoms with Gasteiger partial charge in [0.25, 0.3) is 0 Å². The fourth-order valence-electron chi connectivity index (χ4n) is 8.21. The molecule has 0 saturated carbocycles. The maximum Gasteiger partial charge on any atom is 0.327 e. The molecule has 0 aliphatic carbocycles. The summed E-state index contributed by atoms with van der Waals surface area (Å²) >= 11 is 0. The van der Waals surface area contributed by atoms with Crippen molar-refractivity contribution in [1.82, 2.24) is 0 Å². The molecule has 1 atom stereocenters. The third kappa shape index (κ3) is 26.1. The molecule has 0 heterocycles. The van der Waals surface area contributed by atoms with Crippen molar-refractivity contribution in [2.45, 2.75) is 197 Å². The quantitative estimate of drug-likeness (QED) is 0.0487. The Labute approximate surface area is 404 Å². The van der Waals surface area contributed by atoms with Crippen molar-refractivity contribution in [1.29, 1.82) is 0 Å². The smallest absolute Gasteiger partial charge is 0.327 e. The molecule has 0 spiro atoms. The number of benzene rings is 4. The van der Waals surface area contributed by atoms with Gasteiger partial charge in [0, 0.05) is 0 Å². The molecule has 4 aromatic rings. The van der Waals surface area contributed by atoms with Crippen molar-refractivity contribution in [2.24, 2.45) is 17.8 Å².